The van der Waals surface area contributed by atoms with Crippen LogP contribution in [0.15, 0.2) is 79.2 Å². The van der Waals surface area contributed by atoms with Gasteiger partial charge in [-0.3, -0.25) is 9.20 Å². The molecule has 13 heteroatoms. The second kappa shape index (κ2) is 10.3. The van der Waals surface area contributed by atoms with Gasteiger partial charge in [-0.05, 0) is 48.5 Å². The number of aromatic nitrogens is 3. The Kier molecular flexibility index (Phi) is 6.95. The van der Waals surface area contributed by atoms with Crippen LogP contribution in [0.25, 0.3) is 17.0 Å². The molecule has 0 aliphatic carbocycles. The van der Waals surface area contributed by atoms with Gasteiger partial charge < -0.3 is 25.8 Å². The van der Waals surface area contributed by atoms with Crippen LogP contribution in [0.4, 0.5) is 29.3 Å². The highest BCUT2D eigenvalue weighted by Gasteiger charge is 2.32. The fraction of sp³-hybridized carbons (Fsp3) is 0.0833. The van der Waals surface area contributed by atoms with Crippen LogP contribution in [0, 0.1) is 0 Å². The number of aliphatic hydroxyl groups is 1. The first-order valence-corrected chi connectivity index (χ1v) is 10.6. The molecule has 0 bridgehead atoms. The third kappa shape index (κ3) is 6.14. The molecule has 0 fully saturated rings. The normalized spacial score (nSPS) is 11.1. The number of nitrogens with zero attached hydrogens (tertiary/aromatic N) is 3. The molecule has 0 saturated carbocycles. The number of fused-ring (bicyclic) bond motifs is 1. The van der Waals surface area contributed by atoms with E-state index in [4.69, 9.17) is 0 Å². The van der Waals surface area contributed by atoms with Gasteiger partial charge in [0.05, 0.1) is 17.8 Å². The molecule has 10 nitrogen and oxygen atoms in total. The van der Waals surface area contributed by atoms with Gasteiger partial charge in [-0.25, -0.2) is 4.79 Å². The standard InChI is InChI=1S/C24H19F3N6O4/c1-14(34)13-28-22(35)17-5-4-12-33-20(31-32-21(17)33)15-8-10-16(11-9-15)29-23(36)30-18-6-2-3-7-19(18)37-24(25,26)27/h2-12,34H,1,13H2,(H,28,35)(H2,29,30,36). The number of halogens is 3. The molecule has 2 aromatic carbocycles. The van der Waals surface area contributed by atoms with E-state index in [-0.39, 0.29) is 23.6 Å². The van der Waals surface area contributed by atoms with Crippen LogP contribution < -0.4 is 20.7 Å². The number of aliphatic hydroxyl groups excluding tert-OH is 1. The Morgan fingerprint density at radius 2 is 1.73 bits per heavy atom. The SMILES string of the molecule is C=C(O)CNC(=O)c1cccn2c(-c3ccc(NC(=O)Nc4ccccc4OC(F)(F)F)cc3)nnc12. The summed E-state index contributed by atoms with van der Waals surface area (Å²) in [6, 6.07) is 14.0. The van der Waals surface area contributed by atoms with E-state index in [0.717, 1.165) is 6.07 Å². The van der Waals surface area contributed by atoms with Crippen molar-refractivity contribution in [3.05, 3.63) is 84.8 Å². The molecule has 37 heavy (non-hydrogen) atoms. The summed E-state index contributed by atoms with van der Waals surface area (Å²) >= 11 is 0. The third-order valence-electron chi connectivity index (χ3n) is 4.89. The summed E-state index contributed by atoms with van der Waals surface area (Å²) in [5.74, 6) is -0.782. The Morgan fingerprint density at radius 3 is 2.43 bits per heavy atom. The number of ether oxygens (including phenoxy) is 1. The van der Waals surface area contributed by atoms with Crippen LogP contribution in [-0.2, 0) is 0 Å². The van der Waals surface area contributed by atoms with Crippen LogP contribution in [0.1, 0.15) is 10.4 Å². The molecule has 4 rings (SSSR count). The molecule has 0 aliphatic rings. The van der Waals surface area contributed by atoms with Crippen molar-refractivity contribution in [2.24, 2.45) is 0 Å². The molecule has 0 atom stereocenters. The summed E-state index contributed by atoms with van der Waals surface area (Å²) in [4.78, 5) is 24.8. The van der Waals surface area contributed by atoms with E-state index in [1.807, 2.05) is 0 Å². The quantitative estimate of drug-likeness (QED) is 0.265. The Labute approximate surface area is 207 Å². The zero-order valence-corrected chi connectivity index (χ0v) is 18.9. The number of nitrogens with one attached hydrogen (secondary N) is 3. The first-order valence-electron chi connectivity index (χ1n) is 10.6. The van der Waals surface area contributed by atoms with E-state index in [1.165, 1.54) is 18.2 Å². The number of urea groups is 1. The van der Waals surface area contributed by atoms with Crippen molar-refractivity contribution in [1.29, 1.82) is 0 Å². The van der Waals surface area contributed by atoms with E-state index in [0.29, 0.717) is 22.7 Å². The molecule has 2 heterocycles. The number of alkyl halides is 3. The molecule has 2 aromatic heterocycles. The molecular formula is C24H19F3N6O4. The highest BCUT2D eigenvalue weighted by molar-refractivity contribution is 6.01. The molecule has 3 amide bonds. The predicted molar refractivity (Wildman–Crippen MR) is 128 cm³/mol. The van der Waals surface area contributed by atoms with Crippen molar-refractivity contribution in [3.8, 4) is 17.1 Å². The van der Waals surface area contributed by atoms with E-state index >= 15 is 0 Å². The third-order valence-corrected chi connectivity index (χ3v) is 4.89. The summed E-state index contributed by atoms with van der Waals surface area (Å²) in [5.41, 5.74) is 1.34. The maximum Gasteiger partial charge on any atom is 0.573 e. The number of hydrogen-bond donors (Lipinski definition) is 4. The van der Waals surface area contributed by atoms with Crippen molar-refractivity contribution in [2.75, 3.05) is 17.2 Å². The summed E-state index contributed by atoms with van der Waals surface area (Å²) in [6.07, 6.45) is -3.23. The van der Waals surface area contributed by atoms with Crippen molar-refractivity contribution in [2.45, 2.75) is 6.36 Å². The van der Waals surface area contributed by atoms with Gasteiger partial charge in [-0.1, -0.05) is 18.7 Å². The average molecular weight is 512 g/mol. The molecule has 4 N–H and O–H groups in total. The van der Waals surface area contributed by atoms with Gasteiger partial charge in [0.2, 0.25) is 0 Å². The molecule has 0 aliphatic heterocycles. The number of carbonyl (C=O) groups excluding carboxylic acids is 2. The van der Waals surface area contributed by atoms with Gasteiger partial charge in [0.25, 0.3) is 5.91 Å². The zero-order chi connectivity index (χ0) is 26.6. The summed E-state index contributed by atoms with van der Waals surface area (Å²) in [6.45, 7) is 3.21. The summed E-state index contributed by atoms with van der Waals surface area (Å²) < 4.78 is 43.3. The van der Waals surface area contributed by atoms with Crippen molar-refractivity contribution < 1.29 is 32.6 Å². The minimum atomic E-state index is -4.91. The van der Waals surface area contributed by atoms with Crippen LogP contribution in [0.3, 0.4) is 0 Å². The Balaban J connectivity index is 1.48. The molecule has 0 unspecified atom stereocenters. The minimum Gasteiger partial charge on any atom is -0.511 e. The lowest BCUT2D eigenvalue weighted by Gasteiger charge is -2.14. The molecule has 190 valence electrons. The van der Waals surface area contributed by atoms with E-state index in [1.54, 1.807) is 47.0 Å². The van der Waals surface area contributed by atoms with Crippen molar-refractivity contribution in [3.63, 3.8) is 0 Å². The minimum absolute atomic E-state index is 0.107. The molecular weight excluding hydrogens is 493 g/mol. The number of amides is 3. The number of para-hydroxylation sites is 2. The molecule has 0 spiro atoms. The largest absolute Gasteiger partial charge is 0.573 e. The summed E-state index contributed by atoms with van der Waals surface area (Å²) in [5, 5.41) is 24.8. The Hall–Kier alpha value is -5.07. The van der Waals surface area contributed by atoms with E-state index in [9.17, 15) is 27.9 Å². The molecule has 0 radical (unpaired) electrons. The molecule has 4 aromatic rings. The van der Waals surface area contributed by atoms with Crippen LogP contribution in [0.2, 0.25) is 0 Å². The van der Waals surface area contributed by atoms with Gasteiger partial charge in [-0.15, -0.1) is 23.4 Å². The lowest BCUT2D eigenvalue weighted by Crippen LogP contribution is -2.25. The number of rotatable bonds is 7. The van der Waals surface area contributed by atoms with Gasteiger partial charge in [0.15, 0.2) is 17.2 Å². The first-order chi connectivity index (χ1) is 17.6. The number of benzene rings is 2. The lowest BCUT2D eigenvalue weighted by molar-refractivity contribution is -0.274. The second-order valence-corrected chi connectivity index (χ2v) is 7.59. The fourth-order valence-corrected chi connectivity index (χ4v) is 3.34. The van der Waals surface area contributed by atoms with Gasteiger partial charge in [0.1, 0.15) is 5.76 Å². The van der Waals surface area contributed by atoms with Crippen LogP contribution in [-0.4, -0.2) is 44.5 Å². The van der Waals surface area contributed by atoms with E-state index < -0.39 is 24.1 Å². The van der Waals surface area contributed by atoms with Crippen LogP contribution in [0.5, 0.6) is 5.75 Å². The predicted octanol–water partition coefficient (Wildman–Crippen LogP) is 4.74. The fourth-order valence-electron chi connectivity index (χ4n) is 3.34. The highest BCUT2D eigenvalue weighted by atomic mass is 19.4. The second-order valence-electron chi connectivity index (χ2n) is 7.59. The molecule has 0 saturated heterocycles. The number of carbonyl (C=O) groups is 2. The lowest BCUT2D eigenvalue weighted by atomic mass is 10.2. The smallest absolute Gasteiger partial charge is 0.511 e. The monoisotopic (exact) mass is 512 g/mol. The maximum atomic E-state index is 12.6. The van der Waals surface area contributed by atoms with Gasteiger partial charge >= 0.3 is 12.4 Å². The number of hydrogen-bond acceptors (Lipinski definition) is 6. The zero-order valence-electron chi connectivity index (χ0n) is 18.9. The highest BCUT2D eigenvalue weighted by Crippen LogP contribution is 2.30. The Morgan fingerprint density at radius 1 is 1.00 bits per heavy atom. The maximum absolute atomic E-state index is 12.6. The number of pyridine rings is 1. The van der Waals surface area contributed by atoms with Gasteiger partial charge in [-0.2, -0.15) is 0 Å². The summed E-state index contributed by atoms with van der Waals surface area (Å²) in [7, 11) is 0. The topological polar surface area (TPSA) is 130 Å². The van der Waals surface area contributed by atoms with Crippen molar-refractivity contribution in [1.82, 2.24) is 19.9 Å². The Bertz CT molecular complexity index is 1470. The van der Waals surface area contributed by atoms with Crippen molar-refractivity contribution >= 4 is 29.0 Å². The van der Waals surface area contributed by atoms with Gasteiger partial charge in [0, 0.05) is 17.4 Å². The van der Waals surface area contributed by atoms with E-state index in [2.05, 4.69) is 37.5 Å². The number of anilines is 2. The first kappa shape index (κ1) is 25.0. The average Bonchev–Trinajstić information content (AvgIpc) is 3.27. The van der Waals surface area contributed by atoms with Crippen LogP contribution >= 0.6 is 0 Å².